The minimum absolute atomic E-state index is 0.0394. The van der Waals surface area contributed by atoms with E-state index in [9.17, 15) is 24.2 Å². The Morgan fingerprint density at radius 1 is 0.525 bits per heavy atom. The van der Waals surface area contributed by atoms with E-state index >= 15 is 0 Å². The third-order valence-electron chi connectivity index (χ3n) is 8.11. The number of phosphoric ester groups is 1. The fourth-order valence-corrected chi connectivity index (χ4v) is 5.62. The van der Waals surface area contributed by atoms with E-state index in [-0.39, 0.29) is 19.4 Å². The van der Waals surface area contributed by atoms with Gasteiger partial charge in [0.1, 0.15) is 12.7 Å². The van der Waals surface area contributed by atoms with Gasteiger partial charge in [-0.25, -0.2) is 4.57 Å². The predicted octanol–water partition coefficient (Wildman–Crippen LogP) is 11.6. The molecule has 0 aromatic carbocycles. The first kappa shape index (κ1) is 55.4. The van der Waals surface area contributed by atoms with Crippen molar-refractivity contribution in [2.75, 3.05) is 26.4 Å². The number of carbonyl (C=O) groups excluding carboxylic acids is 2. The van der Waals surface area contributed by atoms with Crippen LogP contribution in [-0.4, -0.2) is 65.7 Å². The Labute approximate surface area is 356 Å². The van der Waals surface area contributed by atoms with Gasteiger partial charge in [-0.05, 0) is 89.9 Å². The topological polar surface area (TPSA) is 149 Å². The van der Waals surface area contributed by atoms with E-state index in [1.54, 1.807) is 0 Å². The Morgan fingerprint density at radius 3 is 1.41 bits per heavy atom. The van der Waals surface area contributed by atoms with Crippen LogP contribution < -0.4 is 0 Å². The van der Waals surface area contributed by atoms with Crippen molar-refractivity contribution in [2.24, 2.45) is 0 Å². The van der Waals surface area contributed by atoms with Gasteiger partial charge in [0.2, 0.25) is 0 Å². The zero-order valence-corrected chi connectivity index (χ0v) is 36.8. The highest BCUT2D eigenvalue weighted by Crippen LogP contribution is 2.43. The van der Waals surface area contributed by atoms with E-state index < -0.39 is 51.8 Å². The molecule has 0 fully saturated rings. The van der Waals surface area contributed by atoms with Gasteiger partial charge in [-0.15, -0.1) is 0 Å². The molecule has 0 saturated heterocycles. The first-order chi connectivity index (χ1) is 28.7. The monoisotopic (exact) mass is 843 g/mol. The van der Waals surface area contributed by atoms with Crippen LogP contribution in [0.25, 0.3) is 0 Å². The molecule has 0 aromatic heterocycles. The molecule has 59 heavy (non-hydrogen) atoms. The van der Waals surface area contributed by atoms with Crippen molar-refractivity contribution in [1.29, 1.82) is 0 Å². The number of aliphatic hydroxyl groups is 2. The standard InChI is InChI=1S/C48H75O10P/c1-3-5-7-9-11-13-15-17-19-21-22-24-26-28-30-32-34-36-38-40-48(52)58-46(44-57-59(53,54)56-42-45(50)41-49)43-55-47(51)39-37-35-33-31-29-27-25-23-20-18-16-14-12-10-8-6-4-2/h5,7,11-14,17-20,22,24-25,27-28,30-31,33-34,36,45-46,49-50H,3-4,6,8-10,15-16,21,23,26,29,32,35,37-44H2,1-2H3,(H,53,54). The summed E-state index contributed by atoms with van der Waals surface area (Å²) in [6, 6.07) is 0. The van der Waals surface area contributed by atoms with Crippen LogP contribution in [0.1, 0.15) is 129 Å². The first-order valence-electron chi connectivity index (χ1n) is 21.5. The average molecular weight is 843 g/mol. The van der Waals surface area contributed by atoms with E-state index in [1.807, 2.05) is 30.4 Å². The molecule has 332 valence electrons. The molecule has 11 heteroatoms. The summed E-state index contributed by atoms with van der Waals surface area (Å²) in [5.74, 6) is -1.10. The molecular weight excluding hydrogens is 767 g/mol. The summed E-state index contributed by atoms with van der Waals surface area (Å²) in [5, 5.41) is 18.3. The fraction of sp³-hybridized carbons (Fsp3) is 0.542. The molecule has 0 radical (unpaired) electrons. The van der Waals surface area contributed by atoms with Crippen LogP contribution in [0.4, 0.5) is 0 Å². The molecule has 3 atom stereocenters. The van der Waals surface area contributed by atoms with E-state index in [0.29, 0.717) is 25.7 Å². The molecule has 0 rings (SSSR count). The summed E-state index contributed by atoms with van der Waals surface area (Å²) in [5.41, 5.74) is 0. The van der Waals surface area contributed by atoms with Crippen LogP contribution in [0.2, 0.25) is 0 Å². The van der Waals surface area contributed by atoms with Crippen molar-refractivity contribution < 1.29 is 47.8 Å². The molecule has 0 bridgehead atoms. The number of rotatable bonds is 38. The second-order valence-corrected chi connectivity index (χ2v) is 15.1. The molecule has 0 aliphatic rings. The lowest BCUT2D eigenvalue weighted by molar-refractivity contribution is -0.161. The maximum Gasteiger partial charge on any atom is 0.472 e. The number of carbonyl (C=O) groups is 2. The van der Waals surface area contributed by atoms with E-state index in [4.69, 9.17) is 19.1 Å². The van der Waals surface area contributed by atoms with Crippen LogP contribution in [0, 0.1) is 0 Å². The van der Waals surface area contributed by atoms with Crippen molar-refractivity contribution in [2.45, 2.75) is 142 Å². The van der Waals surface area contributed by atoms with Crippen molar-refractivity contribution >= 4 is 19.8 Å². The van der Waals surface area contributed by atoms with Crippen molar-refractivity contribution in [1.82, 2.24) is 0 Å². The molecular formula is C48H75O10P. The van der Waals surface area contributed by atoms with Gasteiger partial charge in [0.15, 0.2) is 6.10 Å². The highest BCUT2D eigenvalue weighted by atomic mass is 31.2. The molecule has 0 amide bonds. The second-order valence-electron chi connectivity index (χ2n) is 13.6. The van der Waals surface area contributed by atoms with Crippen molar-refractivity contribution in [3.05, 3.63) is 122 Å². The number of esters is 2. The van der Waals surface area contributed by atoms with Crippen molar-refractivity contribution in [3.63, 3.8) is 0 Å². The Kier molecular flexibility index (Phi) is 39.9. The van der Waals surface area contributed by atoms with Gasteiger partial charge in [-0.3, -0.25) is 18.6 Å². The van der Waals surface area contributed by atoms with E-state index in [0.717, 1.165) is 57.8 Å². The maximum absolute atomic E-state index is 12.6. The summed E-state index contributed by atoms with van der Waals surface area (Å²) >= 11 is 0. The second kappa shape index (κ2) is 42.5. The number of ether oxygens (including phenoxy) is 2. The number of aliphatic hydroxyl groups excluding tert-OH is 2. The molecule has 0 heterocycles. The largest absolute Gasteiger partial charge is 0.472 e. The number of unbranched alkanes of at least 4 members (excludes halogenated alkanes) is 4. The fourth-order valence-electron chi connectivity index (χ4n) is 4.83. The molecule has 0 spiro atoms. The van der Waals surface area contributed by atoms with E-state index in [1.165, 1.54) is 19.3 Å². The molecule has 3 unspecified atom stereocenters. The van der Waals surface area contributed by atoms with Gasteiger partial charge in [0.25, 0.3) is 0 Å². The zero-order chi connectivity index (χ0) is 43.3. The minimum atomic E-state index is -4.66. The van der Waals surface area contributed by atoms with E-state index in [2.05, 4.69) is 110 Å². The van der Waals surface area contributed by atoms with Crippen LogP contribution in [0.3, 0.4) is 0 Å². The molecule has 10 nitrogen and oxygen atoms in total. The highest BCUT2D eigenvalue weighted by Gasteiger charge is 2.27. The van der Waals surface area contributed by atoms with Crippen LogP contribution >= 0.6 is 7.82 Å². The van der Waals surface area contributed by atoms with Gasteiger partial charge in [0.05, 0.1) is 19.8 Å². The quantitative estimate of drug-likeness (QED) is 0.0237. The lowest BCUT2D eigenvalue weighted by atomic mass is 10.2. The van der Waals surface area contributed by atoms with Crippen molar-refractivity contribution in [3.8, 4) is 0 Å². The van der Waals surface area contributed by atoms with Gasteiger partial charge >= 0.3 is 19.8 Å². The Balaban J connectivity index is 4.56. The molecule has 0 aliphatic carbocycles. The minimum Gasteiger partial charge on any atom is -0.462 e. The lowest BCUT2D eigenvalue weighted by Crippen LogP contribution is -2.29. The molecule has 0 saturated carbocycles. The summed E-state index contributed by atoms with van der Waals surface area (Å²) in [6.45, 7) is 2.05. The average Bonchev–Trinajstić information content (AvgIpc) is 3.22. The number of phosphoric acid groups is 1. The third-order valence-corrected chi connectivity index (χ3v) is 9.06. The number of hydrogen-bond acceptors (Lipinski definition) is 9. The smallest absolute Gasteiger partial charge is 0.462 e. The molecule has 0 aromatic rings. The summed E-state index contributed by atoms with van der Waals surface area (Å²) in [7, 11) is -4.66. The zero-order valence-electron chi connectivity index (χ0n) is 35.9. The highest BCUT2D eigenvalue weighted by molar-refractivity contribution is 7.47. The number of allylic oxidation sites excluding steroid dienone is 20. The van der Waals surface area contributed by atoms with Gasteiger partial charge in [0, 0.05) is 12.8 Å². The third kappa shape index (κ3) is 42.3. The molecule has 3 N–H and O–H groups in total. The Morgan fingerprint density at radius 2 is 0.949 bits per heavy atom. The lowest BCUT2D eigenvalue weighted by Gasteiger charge is -2.20. The number of hydrogen-bond donors (Lipinski definition) is 3. The predicted molar refractivity (Wildman–Crippen MR) is 242 cm³/mol. The van der Waals surface area contributed by atoms with Crippen LogP contribution in [0.15, 0.2) is 122 Å². The summed E-state index contributed by atoms with van der Waals surface area (Å²) in [4.78, 5) is 34.9. The van der Waals surface area contributed by atoms with Crippen LogP contribution in [-0.2, 0) is 32.7 Å². The first-order valence-corrected chi connectivity index (χ1v) is 23.0. The summed E-state index contributed by atoms with van der Waals surface area (Å²) < 4.78 is 32.5. The van der Waals surface area contributed by atoms with Crippen LogP contribution in [0.5, 0.6) is 0 Å². The van der Waals surface area contributed by atoms with Gasteiger partial charge in [-0.2, -0.15) is 0 Å². The maximum atomic E-state index is 12.6. The van der Waals surface area contributed by atoms with Gasteiger partial charge in [-0.1, -0.05) is 148 Å². The molecule has 0 aliphatic heterocycles. The summed E-state index contributed by atoms with van der Waals surface area (Å²) in [6.07, 6.45) is 54.7. The Bertz CT molecular complexity index is 1390. The van der Waals surface area contributed by atoms with Gasteiger partial charge < -0.3 is 24.6 Å². The SMILES string of the molecule is CCC=CCC=CCC=CCC=CCC=CCC=CCCC(=O)OC(COC(=O)CCCC=CCC=CCC=CCC=CCCCCC)COP(=O)(O)OCC(O)CO. The normalized spacial score (nSPS) is 15.0. The Hall–Kier alpha value is -3.63.